The van der Waals surface area contributed by atoms with E-state index in [9.17, 15) is 18.0 Å². The van der Waals surface area contributed by atoms with Crippen LogP contribution < -0.4 is 10.0 Å². The molecule has 2 aromatic carbocycles. The molecule has 0 aliphatic carbocycles. The van der Waals surface area contributed by atoms with Crippen molar-refractivity contribution in [3.63, 3.8) is 0 Å². The highest BCUT2D eigenvalue weighted by Gasteiger charge is 2.28. The van der Waals surface area contributed by atoms with Crippen LogP contribution in [0.3, 0.4) is 0 Å². The molecule has 7 nitrogen and oxygen atoms in total. The van der Waals surface area contributed by atoms with Gasteiger partial charge in [0.2, 0.25) is 21.8 Å². The highest BCUT2D eigenvalue weighted by atomic mass is 32.2. The molecule has 0 saturated carbocycles. The van der Waals surface area contributed by atoms with Crippen molar-refractivity contribution < 1.29 is 18.0 Å². The van der Waals surface area contributed by atoms with Crippen molar-refractivity contribution in [2.45, 2.75) is 19.4 Å². The van der Waals surface area contributed by atoms with Gasteiger partial charge in [-0.25, -0.2) is 8.42 Å². The van der Waals surface area contributed by atoms with Crippen LogP contribution in [-0.4, -0.2) is 31.4 Å². The Morgan fingerprint density at radius 2 is 1.68 bits per heavy atom. The standard InChI is InChI=1S/C20H21N3O4S/c1-14(24)23-12-11-15-7-3-4-8-16(15)19(23)13-20(25)21-17-9-5-6-10-18(17)22-28(2,26)27/h3-12,19,22H,13H2,1-2H3,(H,21,25)/t19-/m1/s1. The summed E-state index contributed by atoms with van der Waals surface area (Å²) in [6.07, 6.45) is 4.61. The number of anilines is 2. The third-order valence-corrected chi connectivity index (χ3v) is 4.94. The van der Waals surface area contributed by atoms with Crippen molar-refractivity contribution in [2.24, 2.45) is 0 Å². The lowest BCUT2D eigenvalue weighted by atomic mass is 9.93. The fourth-order valence-electron chi connectivity index (χ4n) is 3.17. The lowest BCUT2D eigenvalue weighted by Crippen LogP contribution is -2.33. The first-order valence-electron chi connectivity index (χ1n) is 8.67. The predicted octanol–water partition coefficient (Wildman–Crippen LogP) is 2.96. The zero-order valence-electron chi connectivity index (χ0n) is 15.5. The molecule has 0 unspecified atom stereocenters. The first-order chi connectivity index (χ1) is 13.2. The molecule has 8 heteroatoms. The molecule has 1 heterocycles. The maximum atomic E-state index is 12.7. The van der Waals surface area contributed by atoms with Crippen LogP contribution in [0.2, 0.25) is 0 Å². The molecule has 0 bridgehead atoms. The maximum absolute atomic E-state index is 12.7. The van der Waals surface area contributed by atoms with Gasteiger partial charge in [0.25, 0.3) is 0 Å². The van der Waals surface area contributed by atoms with Crippen molar-refractivity contribution in [1.29, 1.82) is 0 Å². The zero-order chi connectivity index (χ0) is 20.3. The van der Waals surface area contributed by atoms with Crippen molar-refractivity contribution in [3.05, 3.63) is 65.9 Å². The van der Waals surface area contributed by atoms with E-state index in [1.165, 1.54) is 11.8 Å². The van der Waals surface area contributed by atoms with Crippen molar-refractivity contribution in [2.75, 3.05) is 16.3 Å². The SMILES string of the molecule is CC(=O)N1C=Cc2ccccc2[C@H]1CC(=O)Nc1ccccc1NS(C)(=O)=O. The van der Waals surface area contributed by atoms with Crippen molar-refractivity contribution >= 4 is 39.3 Å². The molecule has 0 aromatic heterocycles. The van der Waals surface area contributed by atoms with Gasteiger partial charge in [-0.1, -0.05) is 36.4 Å². The summed E-state index contributed by atoms with van der Waals surface area (Å²) in [6, 6.07) is 13.7. The van der Waals surface area contributed by atoms with Gasteiger partial charge in [0, 0.05) is 13.1 Å². The van der Waals surface area contributed by atoms with Crippen molar-refractivity contribution in [3.8, 4) is 0 Å². The largest absolute Gasteiger partial charge is 0.324 e. The number of benzene rings is 2. The summed E-state index contributed by atoms with van der Waals surface area (Å²) in [7, 11) is -3.49. The molecule has 0 spiro atoms. The van der Waals surface area contributed by atoms with Crippen LogP contribution in [0.15, 0.2) is 54.7 Å². The van der Waals surface area contributed by atoms with Gasteiger partial charge in [-0.15, -0.1) is 0 Å². The van der Waals surface area contributed by atoms with Crippen LogP contribution in [-0.2, 0) is 19.6 Å². The molecule has 0 radical (unpaired) electrons. The Bertz CT molecular complexity index is 1050. The number of nitrogens with one attached hydrogen (secondary N) is 2. The quantitative estimate of drug-likeness (QED) is 0.808. The summed E-state index contributed by atoms with van der Waals surface area (Å²) in [4.78, 5) is 26.3. The average Bonchev–Trinajstić information content (AvgIpc) is 2.62. The second-order valence-electron chi connectivity index (χ2n) is 6.56. The molecule has 0 saturated heterocycles. The summed E-state index contributed by atoms with van der Waals surface area (Å²) in [5, 5.41) is 2.74. The number of carbonyl (C=O) groups excluding carboxylic acids is 2. The number of hydrogen-bond donors (Lipinski definition) is 2. The van der Waals surface area contributed by atoms with E-state index in [4.69, 9.17) is 0 Å². The first-order valence-corrected chi connectivity index (χ1v) is 10.6. The molecule has 0 fully saturated rings. The minimum atomic E-state index is -3.49. The molecule has 2 amide bonds. The van der Waals surface area contributed by atoms with E-state index in [1.54, 1.807) is 30.5 Å². The minimum absolute atomic E-state index is 0.0359. The van der Waals surface area contributed by atoms with Gasteiger partial charge in [0.1, 0.15) is 0 Å². The van der Waals surface area contributed by atoms with Gasteiger partial charge in [-0.2, -0.15) is 0 Å². The number of fused-ring (bicyclic) bond motifs is 1. The number of para-hydroxylation sites is 2. The van der Waals surface area contributed by atoms with Crippen LogP contribution in [0.4, 0.5) is 11.4 Å². The molecule has 3 rings (SSSR count). The summed E-state index contributed by atoms with van der Waals surface area (Å²) in [5.41, 5.74) is 2.48. The summed E-state index contributed by atoms with van der Waals surface area (Å²) in [6.45, 7) is 1.45. The zero-order valence-corrected chi connectivity index (χ0v) is 16.4. The number of sulfonamides is 1. The highest BCUT2D eigenvalue weighted by Crippen LogP contribution is 2.33. The molecule has 1 aliphatic rings. The van der Waals surface area contributed by atoms with Gasteiger partial charge >= 0.3 is 0 Å². The van der Waals surface area contributed by atoms with Crippen LogP contribution in [0.5, 0.6) is 0 Å². The topological polar surface area (TPSA) is 95.6 Å². The van der Waals surface area contributed by atoms with Crippen LogP contribution in [0.25, 0.3) is 6.08 Å². The molecular formula is C20H21N3O4S. The number of hydrogen-bond acceptors (Lipinski definition) is 4. The Hall–Kier alpha value is -3.13. The second kappa shape index (κ2) is 7.85. The molecular weight excluding hydrogens is 378 g/mol. The molecule has 1 aliphatic heterocycles. The lowest BCUT2D eigenvalue weighted by molar-refractivity contribution is -0.129. The van der Waals surface area contributed by atoms with Gasteiger partial charge in [-0.05, 0) is 29.3 Å². The normalized spacial score (nSPS) is 15.6. The summed E-state index contributed by atoms with van der Waals surface area (Å²) < 4.78 is 25.5. The molecule has 28 heavy (non-hydrogen) atoms. The first kappa shape index (κ1) is 19.6. The van der Waals surface area contributed by atoms with Crippen molar-refractivity contribution in [1.82, 2.24) is 4.90 Å². The molecule has 146 valence electrons. The average molecular weight is 399 g/mol. The van der Waals surface area contributed by atoms with E-state index in [0.717, 1.165) is 17.4 Å². The fourth-order valence-corrected chi connectivity index (χ4v) is 3.75. The maximum Gasteiger partial charge on any atom is 0.229 e. The van der Waals surface area contributed by atoms with E-state index < -0.39 is 16.1 Å². The third kappa shape index (κ3) is 4.58. The van der Waals surface area contributed by atoms with Crippen LogP contribution in [0.1, 0.15) is 30.5 Å². The fraction of sp³-hybridized carbons (Fsp3) is 0.200. The van der Waals surface area contributed by atoms with E-state index in [0.29, 0.717) is 5.69 Å². The van der Waals surface area contributed by atoms with Gasteiger partial charge < -0.3 is 10.2 Å². The Kier molecular flexibility index (Phi) is 5.51. The third-order valence-electron chi connectivity index (χ3n) is 4.34. The summed E-state index contributed by atoms with van der Waals surface area (Å²) >= 11 is 0. The number of rotatable bonds is 5. The number of nitrogens with zero attached hydrogens (tertiary/aromatic N) is 1. The predicted molar refractivity (Wildman–Crippen MR) is 109 cm³/mol. The number of carbonyl (C=O) groups is 2. The second-order valence-corrected chi connectivity index (χ2v) is 8.31. The summed E-state index contributed by atoms with van der Waals surface area (Å²) in [5.74, 6) is -0.494. The minimum Gasteiger partial charge on any atom is -0.324 e. The molecule has 2 N–H and O–H groups in total. The van der Waals surface area contributed by atoms with Gasteiger partial charge in [0.05, 0.1) is 30.1 Å². The smallest absolute Gasteiger partial charge is 0.229 e. The van der Waals surface area contributed by atoms with Gasteiger partial charge in [-0.3, -0.25) is 14.3 Å². The monoisotopic (exact) mass is 399 g/mol. The van der Waals surface area contributed by atoms with E-state index >= 15 is 0 Å². The Morgan fingerprint density at radius 1 is 1.04 bits per heavy atom. The Labute approximate surface area is 164 Å². The Morgan fingerprint density at radius 3 is 2.36 bits per heavy atom. The van der Waals surface area contributed by atoms with Gasteiger partial charge in [0.15, 0.2) is 0 Å². The van der Waals surface area contributed by atoms with E-state index in [-0.39, 0.29) is 23.9 Å². The van der Waals surface area contributed by atoms with Crippen LogP contribution in [0, 0.1) is 0 Å². The van der Waals surface area contributed by atoms with E-state index in [2.05, 4.69) is 10.0 Å². The Balaban J connectivity index is 1.83. The highest BCUT2D eigenvalue weighted by molar-refractivity contribution is 7.92. The van der Waals surface area contributed by atoms with E-state index in [1.807, 2.05) is 30.3 Å². The lowest BCUT2D eigenvalue weighted by Gasteiger charge is -2.32. The number of amides is 2. The molecule has 1 atom stereocenters. The van der Waals surface area contributed by atoms with Crippen LogP contribution >= 0.6 is 0 Å². The molecule has 2 aromatic rings.